The van der Waals surface area contributed by atoms with Crippen LogP contribution in [0, 0.1) is 0 Å². The van der Waals surface area contributed by atoms with E-state index in [1.807, 2.05) is 24.3 Å². The Bertz CT molecular complexity index is 509. The number of rotatable bonds is 5. The second-order valence-corrected chi connectivity index (χ2v) is 5.31. The molecule has 0 atom stereocenters. The molecule has 0 spiro atoms. The van der Waals surface area contributed by atoms with Gasteiger partial charge < -0.3 is 5.84 Å². The molecule has 4 nitrogen and oxygen atoms in total. The van der Waals surface area contributed by atoms with Gasteiger partial charge in [-0.25, -0.2) is 4.68 Å². The van der Waals surface area contributed by atoms with Gasteiger partial charge in [-0.05, 0) is 24.1 Å². The maximum atomic E-state index is 5.93. The summed E-state index contributed by atoms with van der Waals surface area (Å²) >= 11 is 7.41. The van der Waals surface area contributed by atoms with Crippen molar-refractivity contribution in [1.29, 1.82) is 0 Å². The minimum absolute atomic E-state index is 0.744. The van der Waals surface area contributed by atoms with Gasteiger partial charge in [-0.2, -0.15) is 0 Å². The van der Waals surface area contributed by atoms with Crippen LogP contribution in [0.15, 0.2) is 29.4 Å². The lowest BCUT2D eigenvalue weighted by molar-refractivity contribution is 0.757. The largest absolute Gasteiger partial charge is 0.336 e. The fourth-order valence-electron chi connectivity index (χ4n) is 1.53. The van der Waals surface area contributed by atoms with E-state index in [2.05, 4.69) is 17.1 Å². The maximum absolute atomic E-state index is 5.93. The summed E-state index contributed by atoms with van der Waals surface area (Å²) in [5.41, 5.74) is 1.18. The second kappa shape index (κ2) is 6.11. The van der Waals surface area contributed by atoms with Crippen LogP contribution in [0.3, 0.4) is 0 Å². The van der Waals surface area contributed by atoms with Crippen molar-refractivity contribution in [2.75, 3.05) is 5.84 Å². The van der Waals surface area contributed by atoms with E-state index in [9.17, 15) is 0 Å². The van der Waals surface area contributed by atoms with E-state index in [0.29, 0.717) is 0 Å². The molecule has 0 aliphatic heterocycles. The first-order valence-electron chi connectivity index (χ1n) is 5.77. The number of thioether (sulfide) groups is 1. The smallest absolute Gasteiger partial charge is 0.210 e. The molecule has 18 heavy (non-hydrogen) atoms. The van der Waals surface area contributed by atoms with E-state index >= 15 is 0 Å². The van der Waals surface area contributed by atoms with Crippen LogP contribution >= 0.6 is 23.4 Å². The molecule has 1 aromatic carbocycles. The van der Waals surface area contributed by atoms with E-state index in [0.717, 1.165) is 34.6 Å². The number of nitrogens with two attached hydrogens (primary N) is 1. The predicted molar refractivity (Wildman–Crippen MR) is 75.2 cm³/mol. The molecule has 2 N–H and O–H groups in total. The van der Waals surface area contributed by atoms with Crippen LogP contribution in [-0.4, -0.2) is 14.9 Å². The third-order valence-corrected chi connectivity index (χ3v) is 3.76. The Balaban J connectivity index is 1.99. The lowest BCUT2D eigenvalue weighted by atomic mass is 10.2. The summed E-state index contributed by atoms with van der Waals surface area (Å²) < 4.78 is 1.57. The molecule has 1 heterocycles. The summed E-state index contributed by atoms with van der Waals surface area (Å²) in [7, 11) is 0. The van der Waals surface area contributed by atoms with Crippen molar-refractivity contribution < 1.29 is 0 Å². The summed E-state index contributed by atoms with van der Waals surface area (Å²) in [6.45, 7) is 2.09. The zero-order valence-corrected chi connectivity index (χ0v) is 11.7. The van der Waals surface area contributed by atoms with Gasteiger partial charge in [-0.3, -0.25) is 0 Å². The fourth-order valence-corrected chi connectivity index (χ4v) is 2.49. The molecule has 2 rings (SSSR count). The molecule has 0 saturated heterocycles. The number of aromatic nitrogens is 3. The maximum Gasteiger partial charge on any atom is 0.210 e. The van der Waals surface area contributed by atoms with Crippen LogP contribution in [0.1, 0.15) is 24.7 Å². The lowest BCUT2D eigenvalue weighted by Gasteiger charge is -2.03. The van der Waals surface area contributed by atoms with Crippen LogP contribution < -0.4 is 5.84 Å². The molecule has 1 aromatic heterocycles. The van der Waals surface area contributed by atoms with Crippen molar-refractivity contribution in [2.24, 2.45) is 0 Å². The number of hydrogen-bond acceptors (Lipinski definition) is 4. The Hall–Kier alpha value is -1.20. The first kappa shape index (κ1) is 13.2. The quantitative estimate of drug-likeness (QED) is 0.677. The summed E-state index contributed by atoms with van der Waals surface area (Å²) in [4.78, 5) is 0. The van der Waals surface area contributed by atoms with Crippen LogP contribution in [0.2, 0.25) is 5.02 Å². The topological polar surface area (TPSA) is 56.7 Å². The standard InChI is InChI=1S/C12H15ClN4S/c1-2-3-11-15-16-12(17(11)14)18-8-9-4-6-10(13)7-5-9/h4-7H,2-3,8,14H2,1H3. The zero-order valence-electron chi connectivity index (χ0n) is 10.1. The van der Waals surface area contributed by atoms with Crippen molar-refractivity contribution in [3.05, 3.63) is 40.7 Å². The summed E-state index contributed by atoms with van der Waals surface area (Å²) in [5.74, 6) is 7.56. The van der Waals surface area contributed by atoms with Gasteiger partial charge in [0.05, 0.1) is 0 Å². The third-order valence-electron chi connectivity index (χ3n) is 2.49. The monoisotopic (exact) mass is 282 g/mol. The molecule has 0 fully saturated rings. The molecule has 0 aliphatic carbocycles. The summed E-state index contributed by atoms with van der Waals surface area (Å²) in [5, 5.41) is 9.66. The average Bonchev–Trinajstić information content (AvgIpc) is 2.71. The number of nitrogens with zero attached hydrogens (tertiary/aromatic N) is 3. The number of hydrogen-bond donors (Lipinski definition) is 1. The first-order chi connectivity index (χ1) is 8.70. The third kappa shape index (κ3) is 3.17. The lowest BCUT2D eigenvalue weighted by Crippen LogP contribution is -2.13. The predicted octanol–water partition coefficient (Wildman–Crippen LogP) is 2.89. The molecule has 6 heteroatoms. The average molecular weight is 283 g/mol. The molecule has 2 aromatic rings. The summed E-state index contributed by atoms with van der Waals surface area (Å²) in [6.07, 6.45) is 1.86. The first-order valence-corrected chi connectivity index (χ1v) is 7.13. The Kier molecular flexibility index (Phi) is 4.49. The van der Waals surface area contributed by atoms with Crippen molar-refractivity contribution in [3.8, 4) is 0 Å². The molecule has 0 unspecified atom stereocenters. The van der Waals surface area contributed by atoms with Gasteiger partial charge in [-0.15, -0.1) is 10.2 Å². The van der Waals surface area contributed by atoms with E-state index in [-0.39, 0.29) is 0 Å². The molecular formula is C12H15ClN4S. The van der Waals surface area contributed by atoms with Crippen molar-refractivity contribution >= 4 is 23.4 Å². The van der Waals surface area contributed by atoms with E-state index < -0.39 is 0 Å². The Morgan fingerprint density at radius 1 is 1.28 bits per heavy atom. The van der Waals surface area contributed by atoms with E-state index in [1.165, 1.54) is 5.56 Å². The van der Waals surface area contributed by atoms with Gasteiger partial charge in [0.2, 0.25) is 5.16 Å². The highest BCUT2D eigenvalue weighted by molar-refractivity contribution is 7.98. The number of nitrogen functional groups attached to an aromatic ring is 1. The van der Waals surface area contributed by atoms with Crippen molar-refractivity contribution in [3.63, 3.8) is 0 Å². The van der Waals surface area contributed by atoms with Crippen LogP contribution in [0.25, 0.3) is 0 Å². The zero-order chi connectivity index (χ0) is 13.0. The number of benzene rings is 1. The Labute approximate surface area is 116 Å². The molecule has 0 bridgehead atoms. The molecule has 0 amide bonds. The number of halogens is 1. The van der Waals surface area contributed by atoms with Crippen molar-refractivity contribution in [2.45, 2.75) is 30.7 Å². The molecule has 0 aliphatic rings. The van der Waals surface area contributed by atoms with E-state index in [1.54, 1.807) is 16.4 Å². The van der Waals surface area contributed by atoms with Gasteiger partial charge in [0.15, 0.2) is 5.82 Å². The highest BCUT2D eigenvalue weighted by Crippen LogP contribution is 2.21. The molecule has 0 saturated carbocycles. The SMILES string of the molecule is CCCc1nnc(SCc2ccc(Cl)cc2)n1N. The highest BCUT2D eigenvalue weighted by atomic mass is 35.5. The normalized spacial score (nSPS) is 10.8. The van der Waals surface area contributed by atoms with Crippen LogP contribution in [-0.2, 0) is 12.2 Å². The van der Waals surface area contributed by atoms with Gasteiger partial charge in [-0.1, -0.05) is 42.4 Å². The molecule has 96 valence electrons. The van der Waals surface area contributed by atoms with Crippen LogP contribution in [0.5, 0.6) is 0 Å². The highest BCUT2D eigenvalue weighted by Gasteiger charge is 2.09. The Morgan fingerprint density at radius 2 is 2.00 bits per heavy atom. The molecule has 0 radical (unpaired) electrons. The summed E-state index contributed by atoms with van der Waals surface area (Å²) in [6, 6.07) is 7.76. The van der Waals surface area contributed by atoms with E-state index in [4.69, 9.17) is 17.4 Å². The van der Waals surface area contributed by atoms with Gasteiger partial charge in [0.25, 0.3) is 0 Å². The van der Waals surface area contributed by atoms with Crippen LogP contribution in [0.4, 0.5) is 0 Å². The second-order valence-electron chi connectivity index (χ2n) is 3.93. The van der Waals surface area contributed by atoms with Gasteiger partial charge >= 0.3 is 0 Å². The van der Waals surface area contributed by atoms with Gasteiger partial charge in [0, 0.05) is 17.2 Å². The minimum atomic E-state index is 0.744. The van der Waals surface area contributed by atoms with Gasteiger partial charge in [0.1, 0.15) is 0 Å². The fraction of sp³-hybridized carbons (Fsp3) is 0.333. The van der Waals surface area contributed by atoms with Crippen molar-refractivity contribution in [1.82, 2.24) is 14.9 Å². The number of aryl methyl sites for hydroxylation is 1. The Morgan fingerprint density at radius 3 is 2.67 bits per heavy atom. The minimum Gasteiger partial charge on any atom is -0.336 e. The molecular weight excluding hydrogens is 268 g/mol.